The molecule has 0 aliphatic heterocycles. The maximum atomic E-state index is 12.9. The molecule has 0 heterocycles. The van der Waals surface area contributed by atoms with Crippen LogP contribution in [0.1, 0.15) is 40.2 Å². The number of anilines is 1. The molecule has 0 unspecified atom stereocenters. The summed E-state index contributed by atoms with van der Waals surface area (Å²) in [4.78, 5) is 11.6. The minimum absolute atomic E-state index is 0.129. The van der Waals surface area contributed by atoms with Crippen LogP contribution in [-0.4, -0.2) is 17.9 Å². The van der Waals surface area contributed by atoms with E-state index in [-0.39, 0.29) is 5.56 Å². The lowest BCUT2D eigenvalue weighted by atomic mass is 9.84. The number of halogens is 3. The van der Waals surface area contributed by atoms with Crippen molar-refractivity contribution in [3.8, 4) is 0 Å². The van der Waals surface area contributed by atoms with E-state index in [0.29, 0.717) is 5.69 Å². The minimum Gasteiger partial charge on any atom is -0.444 e. The van der Waals surface area contributed by atoms with Gasteiger partial charge >= 0.3 is 12.3 Å². The van der Waals surface area contributed by atoms with Crippen LogP contribution in [0.25, 0.3) is 0 Å². The van der Waals surface area contributed by atoms with E-state index in [1.165, 1.54) is 24.3 Å². The Kier molecular flexibility index (Phi) is 4.60. The quantitative estimate of drug-likeness (QED) is 0.846. The molecule has 0 aliphatic carbocycles. The lowest BCUT2D eigenvalue weighted by molar-refractivity contribution is -0.180. The van der Waals surface area contributed by atoms with E-state index in [2.05, 4.69) is 5.32 Å². The molecule has 0 spiro atoms. The summed E-state index contributed by atoms with van der Waals surface area (Å²) in [7, 11) is 0. The minimum atomic E-state index is -4.34. The molecule has 21 heavy (non-hydrogen) atoms. The molecule has 1 rings (SSSR count). The lowest BCUT2D eigenvalue weighted by Gasteiger charge is -2.28. The molecule has 6 heteroatoms. The number of carbonyl (C=O) groups is 1. The predicted octanol–water partition coefficient (Wildman–Crippen LogP) is 4.87. The van der Waals surface area contributed by atoms with Gasteiger partial charge in [0.1, 0.15) is 5.60 Å². The number of hydrogen-bond donors (Lipinski definition) is 1. The molecule has 0 saturated heterocycles. The fraction of sp³-hybridized carbons (Fsp3) is 0.533. The van der Waals surface area contributed by atoms with Gasteiger partial charge in [0.2, 0.25) is 0 Å². The van der Waals surface area contributed by atoms with Crippen LogP contribution < -0.4 is 5.32 Å². The number of amides is 1. The van der Waals surface area contributed by atoms with E-state index in [9.17, 15) is 18.0 Å². The first-order chi connectivity index (χ1) is 9.33. The Labute approximate surface area is 122 Å². The maximum absolute atomic E-state index is 12.9. The van der Waals surface area contributed by atoms with Crippen LogP contribution in [0.5, 0.6) is 0 Å². The van der Waals surface area contributed by atoms with E-state index < -0.39 is 23.3 Å². The Morgan fingerprint density at radius 1 is 1.00 bits per heavy atom. The second-order valence-corrected chi connectivity index (χ2v) is 6.33. The molecule has 1 aromatic rings. The molecule has 118 valence electrons. The number of hydrogen-bond acceptors (Lipinski definition) is 2. The molecular weight excluding hydrogens is 283 g/mol. The summed E-state index contributed by atoms with van der Waals surface area (Å²) >= 11 is 0. The number of alkyl halides is 3. The fourth-order valence-corrected chi connectivity index (χ4v) is 1.56. The summed E-state index contributed by atoms with van der Waals surface area (Å²) in [5, 5.41) is 2.47. The van der Waals surface area contributed by atoms with Crippen LogP contribution in [0.3, 0.4) is 0 Å². The van der Waals surface area contributed by atoms with Gasteiger partial charge in [0.25, 0.3) is 0 Å². The van der Waals surface area contributed by atoms with Gasteiger partial charge in [0.15, 0.2) is 0 Å². The molecule has 0 bridgehead atoms. The van der Waals surface area contributed by atoms with Gasteiger partial charge < -0.3 is 4.74 Å². The molecule has 1 amide bonds. The zero-order valence-corrected chi connectivity index (χ0v) is 12.8. The van der Waals surface area contributed by atoms with E-state index in [0.717, 1.165) is 13.8 Å². The Hall–Kier alpha value is -1.72. The Balaban J connectivity index is 2.82. The molecule has 0 atom stereocenters. The molecule has 0 fully saturated rings. The van der Waals surface area contributed by atoms with E-state index >= 15 is 0 Å². The van der Waals surface area contributed by atoms with Crippen molar-refractivity contribution in [2.75, 3.05) is 5.32 Å². The zero-order valence-electron chi connectivity index (χ0n) is 12.8. The highest BCUT2D eigenvalue weighted by molar-refractivity contribution is 5.84. The first kappa shape index (κ1) is 17.3. The monoisotopic (exact) mass is 303 g/mol. The Morgan fingerprint density at radius 3 is 1.86 bits per heavy atom. The van der Waals surface area contributed by atoms with Crippen molar-refractivity contribution < 1.29 is 22.7 Å². The van der Waals surface area contributed by atoms with Gasteiger partial charge in [-0.15, -0.1) is 0 Å². The van der Waals surface area contributed by atoms with Crippen molar-refractivity contribution in [2.24, 2.45) is 0 Å². The Morgan fingerprint density at radius 2 is 1.48 bits per heavy atom. The van der Waals surface area contributed by atoms with E-state index in [1.807, 2.05) is 0 Å². The predicted molar refractivity (Wildman–Crippen MR) is 75.4 cm³/mol. The van der Waals surface area contributed by atoms with Crippen molar-refractivity contribution in [1.29, 1.82) is 0 Å². The maximum Gasteiger partial charge on any atom is 0.412 e. The number of rotatable bonds is 2. The number of carbonyl (C=O) groups excluding carboxylic acids is 1. The van der Waals surface area contributed by atoms with Crippen molar-refractivity contribution >= 4 is 11.8 Å². The average Bonchev–Trinajstić information content (AvgIpc) is 2.25. The second kappa shape index (κ2) is 5.58. The summed E-state index contributed by atoms with van der Waals surface area (Å²) < 4.78 is 43.8. The molecular formula is C15H20F3NO2. The third-order valence-electron chi connectivity index (χ3n) is 2.96. The van der Waals surface area contributed by atoms with E-state index in [4.69, 9.17) is 4.74 Å². The molecule has 3 nitrogen and oxygen atoms in total. The first-order valence-electron chi connectivity index (χ1n) is 6.50. The van der Waals surface area contributed by atoms with Gasteiger partial charge in [-0.05, 0) is 52.3 Å². The van der Waals surface area contributed by atoms with Gasteiger partial charge in [-0.1, -0.05) is 12.1 Å². The van der Waals surface area contributed by atoms with Gasteiger partial charge in [0.05, 0.1) is 5.41 Å². The first-order valence-corrected chi connectivity index (χ1v) is 6.50. The van der Waals surface area contributed by atoms with Crippen LogP contribution in [0, 0.1) is 0 Å². The smallest absolute Gasteiger partial charge is 0.412 e. The highest BCUT2D eigenvalue weighted by Crippen LogP contribution is 2.40. The van der Waals surface area contributed by atoms with Gasteiger partial charge in [0, 0.05) is 5.69 Å². The van der Waals surface area contributed by atoms with E-state index in [1.54, 1.807) is 20.8 Å². The van der Waals surface area contributed by atoms with Crippen LogP contribution in [0.4, 0.5) is 23.7 Å². The second-order valence-electron chi connectivity index (χ2n) is 6.33. The third-order valence-corrected chi connectivity index (χ3v) is 2.96. The summed E-state index contributed by atoms with van der Waals surface area (Å²) in [6, 6.07) is 5.54. The number of benzene rings is 1. The normalized spacial score (nSPS) is 13.0. The van der Waals surface area contributed by atoms with Crippen LogP contribution >= 0.6 is 0 Å². The van der Waals surface area contributed by atoms with Crippen molar-refractivity contribution in [1.82, 2.24) is 0 Å². The van der Waals surface area contributed by atoms with Gasteiger partial charge in [-0.25, -0.2) is 4.79 Å². The molecule has 0 radical (unpaired) electrons. The van der Waals surface area contributed by atoms with Crippen molar-refractivity contribution in [3.63, 3.8) is 0 Å². The molecule has 1 aromatic carbocycles. The number of nitrogens with one attached hydrogen (secondary N) is 1. The molecule has 0 aromatic heterocycles. The van der Waals surface area contributed by atoms with Crippen LogP contribution in [-0.2, 0) is 10.2 Å². The number of ether oxygens (including phenoxy) is 1. The summed E-state index contributed by atoms with van der Waals surface area (Å²) in [6.45, 7) is 7.40. The highest BCUT2D eigenvalue weighted by atomic mass is 19.4. The molecule has 1 N–H and O–H groups in total. The largest absolute Gasteiger partial charge is 0.444 e. The van der Waals surface area contributed by atoms with Crippen molar-refractivity contribution in [2.45, 2.75) is 51.8 Å². The van der Waals surface area contributed by atoms with Crippen LogP contribution in [0.15, 0.2) is 24.3 Å². The third kappa shape index (κ3) is 4.65. The topological polar surface area (TPSA) is 38.3 Å². The van der Waals surface area contributed by atoms with Crippen LogP contribution in [0.2, 0.25) is 0 Å². The fourth-order valence-electron chi connectivity index (χ4n) is 1.56. The highest BCUT2D eigenvalue weighted by Gasteiger charge is 2.48. The molecule has 0 aliphatic rings. The molecule has 0 saturated carbocycles. The summed E-state index contributed by atoms with van der Waals surface area (Å²) in [5.74, 6) is 0. The lowest BCUT2D eigenvalue weighted by Crippen LogP contribution is -2.36. The van der Waals surface area contributed by atoms with Gasteiger partial charge in [-0.2, -0.15) is 13.2 Å². The summed E-state index contributed by atoms with van der Waals surface area (Å²) in [5.41, 5.74) is -2.07. The van der Waals surface area contributed by atoms with Crippen molar-refractivity contribution in [3.05, 3.63) is 29.8 Å². The standard InChI is InChI=1S/C15H20F3NO2/c1-13(2,3)21-12(20)19-11-8-6-10(7-9-11)14(4,5)15(16,17)18/h6-9H,1-5H3,(H,19,20). The SMILES string of the molecule is CC(C)(C)OC(=O)Nc1ccc(C(C)(C)C(F)(F)F)cc1. The summed E-state index contributed by atoms with van der Waals surface area (Å²) in [6.07, 6.45) is -4.99. The Bertz CT molecular complexity index is 499. The van der Waals surface area contributed by atoms with Gasteiger partial charge in [-0.3, -0.25) is 5.32 Å². The average molecular weight is 303 g/mol. The zero-order chi connectivity index (χ0) is 16.5.